The van der Waals surface area contributed by atoms with E-state index in [1.54, 1.807) is 19.2 Å². The smallest absolute Gasteiger partial charge is 0.272 e. The zero-order valence-electron chi connectivity index (χ0n) is 12.9. The van der Waals surface area contributed by atoms with Crippen LogP contribution in [0.2, 0.25) is 0 Å². The van der Waals surface area contributed by atoms with Gasteiger partial charge in [0.15, 0.2) is 11.5 Å². The molecule has 6 heteroatoms. The number of aromatic nitrogens is 2. The number of ether oxygens (including phenoxy) is 2. The Bertz CT molecular complexity index is 901. The number of nitrogens with zero attached hydrogens (tertiary/aromatic N) is 1. The highest BCUT2D eigenvalue weighted by Crippen LogP contribution is 2.32. The van der Waals surface area contributed by atoms with Crippen LogP contribution in [-0.4, -0.2) is 24.4 Å². The molecule has 3 rings (SSSR count). The third kappa shape index (κ3) is 2.83. The Kier molecular flexibility index (Phi) is 3.89. The van der Waals surface area contributed by atoms with E-state index in [1.165, 1.54) is 7.11 Å². The molecule has 6 nitrogen and oxygen atoms in total. The van der Waals surface area contributed by atoms with Gasteiger partial charge in [-0.25, -0.2) is 5.10 Å². The summed E-state index contributed by atoms with van der Waals surface area (Å²) >= 11 is 0. The molecule has 0 aliphatic carbocycles. The van der Waals surface area contributed by atoms with Gasteiger partial charge in [0.2, 0.25) is 0 Å². The minimum atomic E-state index is -0.262. The predicted molar refractivity (Wildman–Crippen MR) is 89.1 cm³/mol. The highest BCUT2D eigenvalue weighted by molar-refractivity contribution is 5.87. The van der Waals surface area contributed by atoms with E-state index in [0.717, 1.165) is 16.6 Å². The average molecular weight is 311 g/mol. The summed E-state index contributed by atoms with van der Waals surface area (Å²) in [6.07, 6.45) is 0.572. The number of benzene rings is 2. The zero-order valence-corrected chi connectivity index (χ0v) is 12.9. The maximum atomic E-state index is 12.1. The number of H-pyrrole nitrogens is 1. The molecule has 0 saturated heterocycles. The number of hydrogen-bond donors (Lipinski definition) is 2. The van der Waals surface area contributed by atoms with Gasteiger partial charge >= 0.3 is 0 Å². The lowest BCUT2D eigenvalue weighted by Gasteiger charge is -2.11. The molecule has 0 fully saturated rings. The molecular weight excluding hydrogens is 294 g/mol. The lowest BCUT2D eigenvalue weighted by Crippen LogP contribution is -2.12. The molecule has 1 heterocycles. The number of nitrogens with one attached hydrogen (secondary N) is 1. The molecule has 0 radical (unpaired) electrons. The molecule has 0 aliphatic heterocycles. The molecule has 0 spiro atoms. The topological polar surface area (TPSA) is 90.2 Å². The summed E-state index contributed by atoms with van der Waals surface area (Å²) in [5.74, 6) is 1.07. The van der Waals surface area contributed by atoms with Crippen LogP contribution >= 0.6 is 0 Å². The Balaban J connectivity index is 2.15. The second-order valence-electron chi connectivity index (χ2n) is 5.17. The normalized spacial score (nSPS) is 10.7. The van der Waals surface area contributed by atoms with E-state index in [2.05, 4.69) is 10.2 Å². The van der Waals surface area contributed by atoms with Crippen molar-refractivity contribution in [2.24, 2.45) is 0 Å². The fraction of sp³-hybridized carbons (Fsp3) is 0.176. The van der Waals surface area contributed by atoms with Gasteiger partial charge in [0.1, 0.15) is 0 Å². The van der Waals surface area contributed by atoms with Gasteiger partial charge < -0.3 is 15.2 Å². The van der Waals surface area contributed by atoms with Crippen molar-refractivity contribution in [3.63, 3.8) is 0 Å². The summed E-state index contributed by atoms with van der Waals surface area (Å²) in [6, 6.07) is 11.0. The van der Waals surface area contributed by atoms with Gasteiger partial charge in [0.25, 0.3) is 5.56 Å². The second-order valence-corrected chi connectivity index (χ2v) is 5.17. The Morgan fingerprint density at radius 3 is 2.26 bits per heavy atom. The van der Waals surface area contributed by atoms with Crippen LogP contribution in [0.5, 0.6) is 11.5 Å². The van der Waals surface area contributed by atoms with Crippen LogP contribution in [0.1, 0.15) is 11.3 Å². The van der Waals surface area contributed by atoms with E-state index in [1.807, 2.05) is 24.3 Å². The minimum absolute atomic E-state index is 0.262. The number of anilines is 1. The highest BCUT2D eigenvalue weighted by atomic mass is 16.5. The van der Waals surface area contributed by atoms with Crippen LogP contribution in [0.3, 0.4) is 0 Å². The summed E-state index contributed by atoms with van der Waals surface area (Å²) < 4.78 is 10.6. The molecule has 0 bridgehead atoms. The Labute approximate surface area is 132 Å². The molecule has 0 unspecified atom stereocenters. The second kappa shape index (κ2) is 6.00. The fourth-order valence-electron chi connectivity index (χ4n) is 2.51. The van der Waals surface area contributed by atoms with Crippen LogP contribution < -0.4 is 20.8 Å². The van der Waals surface area contributed by atoms with Crippen molar-refractivity contribution in [1.82, 2.24) is 10.2 Å². The summed E-state index contributed by atoms with van der Waals surface area (Å²) in [5.41, 5.74) is 7.96. The quantitative estimate of drug-likeness (QED) is 0.720. The molecule has 0 atom stereocenters. The van der Waals surface area contributed by atoms with E-state index in [-0.39, 0.29) is 5.56 Å². The number of aromatic amines is 1. The molecular formula is C17H17N3O3. The number of nitrogens with two attached hydrogens (primary N) is 1. The first-order valence-corrected chi connectivity index (χ1v) is 7.10. The van der Waals surface area contributed by atoms with Gasteiger partial charge in [-0.2, -0.15) is 5.10 Å². The molecule has 0 aliphatic rings. The number of fused-ring (bicyclic) bond motifs is 1. The Morgan fingerprint density at radius 1 is 1.04 bits per heavy atom. The maximum Gasteiger partial charge on any atom is 0.272 e. The van der Waals surface area contributed by atoms with Gasteiger partial charge in [0.05, 0.1) is 25.3 Å². The van der Waals surface area contributed by atoms with Gasteiger partial charge in [-0.1, -0.05) is 12.1 Å². The summed E-state index contributed by atoms with van der Waals surface area (Å²) in [7, 11) is 3.10. The third-order valence-electron chi connectivity index (χ3n) is 3.72. The third-order valence-corrected chi connectivity index (χ3v) is 3.72. The van der Waals surface area contributed by atoms with Crippen molar-refractivity contribution >= 4 is 16.5 Å². The van der Waals surface area contributed by atoms with E-state index >= 15 is 0 Å². The van der Waals surface area contributed by atoms with E-state index in [4.69, 9.17) is 15.2 Å². The van der Waals surface area contributed by atoms with Crippen molar-refractivity contribution in [1.29, 1.82) is 0 Å². The molecule has 118 valence electrons. The van der Waals surface area contributed by atoms with Crippen molar-refractivity contribution in [2.75, 3.05) is 20.0 Å². The first-order valence-electron chi connectivity index (χ1n) is 7.10. The predicted octanol–water partition coefficient (Wildman–Crippen LogP) is 2.11. The Hall–Kier alpha value is -3.02. The first-order chi connectivity index (χ1) is 11.1. The SMILES string of the molecule is COc1cc2c(Cc3ccc(N)cc3)n[nH]c(=O)c2cc1OC. The fourth-order valence-corrected chi connectivity index (χ4v) is 2.51. The lowest BCUT2D eigenvalue weighted by molar-refractivity contribution is 0.356. The van der Waals surface area contributed by atoms with Crippen LogP contribution in [-0.2, 0) is 6.42 Å². The van der Waals surface area contributed by atoms with Gasteiger partial charge in [-0.05, 0) is 29.8 Å². The average Bonchev–Trinajstić information content (AvgIpc) is 2.58. The number of hydrogen-bond acceptors (Lipinski definition) is 5. The van der Waals surface area contributed by atoms with E-state index in [0.29, 0.717) is 29.0 Å². The van der Waals surface area contributed by atoms with E-state index in [9.17, 15) is 4.79 Å². The van der Waals surface area contributed by atoms with Crippen molar-refractivity contribution in [2.45, 2.75) is 6.42 Å². The van der Waals surface area contributed by atoms with Gasteiger partial charge in [-0.15, -0.1) is 0 Å². The van der Waals surface area contributed by atoms with Crippen molar-refractivity contribution in [3.05, 3.63) is 58.0 Å². The van der Waals surface area contributed by atoms with E-state index < -0.39 is 0 Å². The molecule has 0 saturated carbocycles. The summed E-state index contributed by atoms with van der Waals surface area (Å²) in [5, 5.41) is 7.98. The maximum absolute atomic E-state index is 12.1. The monoisotopic (exact) mass is 311 g/mol. The zero-order chi connectivity index (χ0) is 16.4. The molecule has 1 aromatic heterocycles. The lowest BCUT2D eigenvalue weighted by atomic mass is 10.0. The molecule has 3 aromatic rings. The molecule has 3 N–H and O–H groups in total. The van der Waals surface area contributed by atoms with Crippen LogP contribution in [0, 0.1) is 0 Å². The largest absolute Gasteiger partial charge is 0.493 e. The van der Waals surface area contributed by atoms with Crippen LogP contribution in [0.4, 0.5) is 5.69 Å². The van der Waals surface area contributed by atoms with Gasteiger partial charge in [0, 0.05) is 17.5 Å². The number of nitrogen functional groups attached to an aromatic ring is 1. The number of methoxy groups -OCH3 is 2. The van der Waals surface area contributed by atoms with Crippen LogP contribution in [0.25, 0.3) is 10.8 Å². The van der Waals surface area contributed by atoms with Crippen molar-refractivity contribution in [3.8, 4) is 11.5 Å². The molecule has 2 aromatic carbocycles. The molecule has 0 amide bonds. The van der Waals surface area contributed by atoms with Crippen LogP contribution in [0.15, 0.2) is 41.2 Å². The molecule has 23 heavy (non-hydrogen) atoms. The summed E-state index contributed by atoms with van der Waals surface area (Å²) in [6.45, 7) is 0. The summed E-state index contributed by atoms with van der Waals surface area (Å²) in [4.78, 5) is 12.1. The van der Waals surface area contributed by atoms with Gasteiger partial charge in [-0.3, -0.25) is 4.79 Å². The highest BCUT2D eigenvalue weighted by Gasteiger charge is 2.13. The Morgan fingerprint density at radius 2 is 1.65 bits per heavy atom. The minimum Gasteiger partial charge on any atom is -0.493 e. The number of rotatable bonds is 4. The van der Waals surface area contributed by atoms with Crippen molar-refractivity contribution < 1.29 is 9.47 Å². The first kappa shape index (κ1) is 14.9. The standard InChI is InChI=1S/C17H17N3O3/c1-22-15-8-12-13(9-16(15)23-2)17(21)20-19-14(12)7-10-3-5-11(18)6-4-10/h3-6,8-9H,7,18H2,1-2H3,(H,20,21).